The van der Waals surface area contributed by atoms with Gasteiger partial charge in [0.2, 0.25) is 0 Å². The summed E-state index contributed by atoms with van der Waals surface area (Å²) >= 11 is 0. The third kappa shape index (κ3) is 5.27. The average molecular weight is 420 g/mol. The van der Waals surface area contributed by atoms with E-state index in [1.54, 1.807) is 19.1 Å². The van der Waals surface area contributed by atoms with Crippen LogP contribution in [-0.2, 0) is 11.3 Å². The van der Waals surface area contributed by atoms with E-state index in [-0.39, 0.29) is 6.04 Å². The topological polar surface area (TPSA) is 47.7 Å². The Bertz CT molecular complexity index is 721. The minimum absolute atomic E-state index is 0.0619. The SMILES string of the molecule is COc1cc(C)c(C[NH+]2CC[NH+]([C@H](C)C(=O)N3C[C@@H](C)C[C@H](C)C3)CC2)cc1OC. The van der Waals surface area contributed by atoms with Crippen molar-refractivity contribution < 1.29 is 24.1 Å². The quantitative estimate of drug-likeness (QED) is 0.692. The second-order valence-corrected chi connectivity index (χ2v) is 9.63. The normalized spacial score (nSPS) is 28.1. The summed E-state index contributed by atoms with van der Waals surface area (Å²) in [6, 6.07) is 4.24. The number of piperazine rings is 1. The van der Waals surface area contributed by atoms with Crippen LogP contribution in [0.25, 0.3) is 0 Å². The molecule has 1 amide bonds. The average Bonchev–Trinajstić information content (AvgIpc) is 2.73. The number of benzene rings is 1. The molecule has 2 saturated heterocycles. The van der Waals surface area contributed by atoms with Crippen molar-refractivity contribution >= 4 is 5.91 Å². The molecule has 3 rings (SSSR count). The summed E-state index contributed by atoms with van der Waals surface area (Å²) in [5, 5.41) is 0. The Kier molecular flexibility index (Phi) is 7.64. The summed E-state index contributed by atoms with van der Waals surface area (Å²) in [7, 11) is 3.37. The second-order valence-electron chi connectivity index (χ2n) is 9.63. The Morgan fingerprint density at radius 3 is 2.20 bits per heavy atom. The van der Waals surface area contributed by atoms with Crippen molar-refractivity contribution in [3.63, 3.8) is 0 Å². The van der Waals surface area contributed by atoms with Gasteiger partial charge in [0.05, 0.1) is 14.2 Å². The van der Waals surface area contributed by atoms with Gasteiger partial charge in [0.25, 0.3) is 5.91 Å². The van der Waals surface area contributed by atoms with Crippen molar-refractivity contribution in [2.24, 2.45) is 11.8 Å². The predicted molar refractivity (Wildman–Crippen MR) is 118 cm³/mol. The van der Waals surface area contributed by atoms with Crippen LogP contribution in [0.1, 0.15) is 38.3 Å². The molecular weight excluding hydrogens is 378 g/mol. The molecule has 0 saturated carbocycles. The van der Waals surface area contributed by atoms with E-state index in [9.17, 15) is 4.79 Å². The van der Waals surface area contributed by atoms with Gasteiger partial charge in [-0.1, -0.05) is 13.8 Å². The zero-order valence-corrected chi connectivity index (χ0v) is 19.7. The van der Waals surface area contributed by atoms with Crippen LogP contribution >= 0.6 is 0 Å². The number of carbonyl (C=O) groups is 1. The number of nitrogens with one attached hydrogen (secondary N) is 2. The largest absolute Gasteiger partial charge is 0.493 e. The van der Waals surface area contributed by atoms with Gasteiger partial charge in [-0.25, -0.2) is 0 Å². The van der Waals surface area contributed by atoms with E-state index >= 15 is 0 Å². The summed E-state index contributed by atoms with van der Waals surface area (Å²) < 4.78 is 10.9. The van der Waals surface area contributed by atoms with Gasteiger partial charge in [-0.2, -0.15) is 0 Å². The van der Waals surface area contributed by atoms with Crippen LogP contribution < -0.4 is 19.3 Å². The molecule has 2 heterocycles. The highest BCUT2D eigenvalue weighted by Crippen LogP contribution is 2.29. The van der Waals surface area contributed by atoms with E-state index in [1.165, 1.54) is 22.4 Å². The highest BCUT2D eigenvalue weighted by molar-refractivity contribution is 5.80. The number of hydrogen-bond acceptors (Lipinski definition) is 3. The van der Waals surface area contributed by atoms with Gasteiger partial charge in [0.1, 0.15) is 32.7 Å². The van der Waals surface area contributed by atoms with Crippen molar-refractivity contribution in [1.29, 1.82) is 0 Å². The first-order valence-electron chi connectivity index (χ1n) is 11.5. The van der Waals surface area contributed by atoms with Gasteiger partial charge in [0, 0.05) is 18.7 Å². The van der Waals surface area contributed by atoms with Crippen molar-refractivity contribution in [3.05, 3.63) is 23.3 Å². The number of carbonyl (C=O) groups excluding carboxylic acids is 1. The molecule has 1 aromatic rings. The fourth-order valence-electron chi connectivity index (χ4n) is 5.31. The zero-order valence-electron chi connectivity index (χ0n) is 19.7. The molecule has 1 aromatic carbocycles. The molecule has 0 aliphatic carbocycles. The number of ether oxygens (including phenoxy) is 2. The maximum Gasteiger partial charge on any atom is 0.280 e. The second kappa shape index (κ2) is 10.0. The molecule has 2 aliphatic heterocycles. The summed E-state index contributed by atoms with van der Waals surface area (Å²) in [5.41, 5.74) is 2.55. The fourth-order valence-corrected chi connectivity index (χ4v) is 5.31. The molecule has 0 bridgehead atoms. The van der Waals surface area contributed by atoms with Gasteiger partial charge < -0.3 is 24.2 Å². The summed E-state index contributed by atoms with van der Waals surface area (Å²) in [5.74, 6) is 3.17. The van der Waals surface area contributed by atoms with Crippen molar-refractivity contribution in [1.82, 2.24) is 4.90 Å². The Hall–Kier alpha value is -1.79. The lowest BCUT2D eigenvalue weighted by molar-refractivity contribution is -1.02. The number of quaternary nitrogens is 2. The lowest BCUT2D eigenvalue weighted by Gasteiger charge is -2.39. The molecule has 3 atom stereocenters. The first-order valence-corrected chi connectivity index (χ1v) is 11.5. The van der Waals surface area contributed by atoms with E-state index in [1.807, 2.05) is 0 Å². The minimum Gasteiger partial charge on any atom is -0.493 e. The van der Waals surface area contributed by atoms with Crippen LogP contribution in [0.2, 0.25) is 0 Å². The summed E-state index contributed by atoms with van der Waals surface area (Å²) in [6.45, 7) is 15.9. The van der Waals surface area contributed by atoms with E-state index < -0.39 is 0 Å². The lowest BCUT2D eigenvalue weighted by atomic mass is 9.91. The number of hydrogen-bond donors (Lipinski definition) is 2. The van der Waals surface area contributed by atoms with Gasteiger partial charge in [0.15, 0.2) is 17.5 Å². The van der Waals surface area contributed by atoms with Gasteiger partial charge in [-0.3, -0.25) is 4.79 Å². The zero-order chi connectivity index (χ0) is 21.8. The smallest absolute Gasteiger partial charge is 0.280 e. The van der Waals surface area contributed by atoms with Crippen molar-refractivity contribution in [3.8, 4) is 11.5 Å². The Balaban J connectivity index is 1.55. The van der Waals surface area contributed by atoms with Gasteiger partial charge in [-0.15, -0.1) is 0 Å². The Morgan fingerprint density at radius 2 is 1.63 bits per heavy atom. The number of likely N-dealkylation sites (tertiary alicyclic amines) is 1. The van der Waals surface area contributed by atoms with Crippen LogP contribution in [0.3, 0.4) is 0 Å². The van der Waals surface area contributed by atoms with Crippen LogP contribution in [0, 0.1) is 18.8 Å². The molecule has 0 aromatic heterocycles. The number of amides is 1. The van der Waals surface area contributed by atoms with Crippen LogP contribution in [0.5, 0.6) is 11.5 Å². The van der Waals surface area contributed by atoms with Gasteiger partial charge in [-0.05, 0) is 49.8 Å². The number of rotatable bonds is 6. The van der Waals surface area contributed by atoms with Crippen molar-refractivity contribution in [2.45, 2.75) is 46.7 Å². The highest BCUT2D eigenvalue weighted by atomic mass is 16.5. The molecule has 6 heteroatoms. The van der Waals surface area contributed by atoms with Crippen molar-refractivity contribution in [2.75, 3.05) is 53.5 Å². The maximum absolute atomic E-state index is 13.1. The van der Waals surface area contributed by atoms with Crippen LogP contribution in [0.4, 0.5) is 0 Å². The summed E-state index contributed by atoms with van der Waals surface area (Å²) in [4.78, 5) is 18.3. The standard InChI is InChI=1S/C24H39N3O3/c1-17-11-18(2)15-27(14-17)24(28)20(4)26-9-7-25(8-10-26)16-21-13-23(30-6)22(29-5)12-19(21)3/h12-13,17-18,20H,7-11,14-16H2,1-6H3/p+2/t17-,18-,20+/m0/s1. The Labute approximate surface area is 182 Å². The molecule has 2 aliphatic rings. The molecule has 0 radical (unpaired) electrons. The highest BCUT2D eigenvalue weighted by Gasteiger charge is 2.36. The molecule has 0 unspecified atom stereocenters. The van der Waals surface area contributed by atoms with Crippen LogP contribution in [0.15, 0.2) is 12.1 Å². The molecule has 30 heavy (non-hydrogen) atoms. The first-order chi connectivity index (χ1) is 14.3. The number of nitrogens with zero attached hydrogens (tertiary/aromatic N) is 1. The van der Waals surface area contributed by atoms with E-state index in [0.717, 1.165) is 57.3 Å². The van der Waals surface area contributed by atoms with E-state index in [0.29, 0.717) is 17.7 Å². The van der Waals surface area contributed by atoms with E-state index in [4.69, 9.17) is 9.47 Å². The lowest BCUT2D eigenvalue weighted by Crippen LogP contribution is -3.29. The molecule has 168 valence electrons. The van der Waals surface area contributed by atoms with E-state index in [2.05, 4.69) is 44.7 Å². The fraction of sp³-hybridized carbons (Fsp3) is 0.708. The van der Waals surface area contributed by atoms with Crippen LogP contribution in [-0.4, -0.2) is 70.3 Å². The third-order valence-corrected chi connectivity index (χ3v) is 7.05. The molecule has 2 N–H and O–H groups in total. The summed E-state index contributed by atoms with van der Waals surface area (Å²) in [6.07, 6.45) is 1.24. The first kappa shape index (κ1) is 22.9. The molecule has 2 fully saturated rings. The van der Waals surface area contributed by atoms with Gasteiger partial charge >= 0.3 is 0 Å². The Morgan fingerprint density at radius 1 is 1.07 bits per heavy atom. The maximum atomic E-state index is 13.1. The number of piperidine rings is 1. The number of methoxy groups -OCH3 is 2. The molecule has 0 spiro atoms. The number of aryl methyl sites for hydroxylation is 1. The predicted octanol–water partition coefficient (Wildman–Crippen LogP) is 0.189. The third-order valence-electron chi connectivity index (χ3n) is 7.05. The monoisotopic (exact) mass is 419 g/mol. The molecule has 6 nitrogen and oxygen atoms in total. The molecular formula is C24H41N3O3+2. The minimum atomic E-state index is 0.0619.